The molecule has 0 aromatic rings. The third kappa shape index (κ3) is 2.37. The van der Waals surface area contributed by atoms with Crippen molar-refractivity contribution in [1.29, 1.82) is 0 Å². The maximum atomic E-state index is 10.5. The zero-order valence-corrected chi connectivity index (χ0v) is 5.80. The molecule has 0 spiro atoms. The molecule has 0 aliphatic rings. The van der Waals surface area contributed by atoms with Crippen LogP contribution in [0.15, 0.2) is 0 Å². The number of ether oxygens (including phenoxy) is 1. The number of methoxy groups -OCH3 is 1. The fourth-order valence-electron chi connectivity index (χ4n) is 0.618. The Bertz CT molecular complexity index is 114. The molecule has 0 fully saturated rings. The Labute approximate surface area is 54.0 Å². The minimum absolute atomic E-state index is 0.245. The SMILES string of the molecule is COC(C(C)=O)C(C)=O. The molecule has 0 N–H and O–H groups in total. The van der Waals surface area contributed by atoms with Gasteiger partial charge in [-0.2, -0.15) is 0 Å². The molecule has 0 saturated heterocycles. The van der Waals surface area contributed by atoms with Crippen molar-refractivity contribution in [3.8, 4) is 0 Å². The van der Waals surface area contributed by atoms with Crippen molar-refractivity contribution in [3.05, 3.63) is 0 Å². The van der Waals surface area contributed by atoms with Gasteiger partial charge in [0.25, 0.3) is 0 Å². The van der Waals surface area contributed by atoms with E-state index in [0.717, 1.165) is 0 Å². The Morgan fingerprint density at radius 3 is 1.56 bits per heavy atom. The highest BCUT2D eigenvalue weighted by atomic mass is 16.5. The summed E-state index contributed by atoms with van der Waals surface area (Å²) in [5.74, 6) is -0.491. The first-order chi connectivity index (χ1) is 4.09. The maximum absolute atomic E-state index is 10.5. The summed E-state index contributed by atoms with van der Waals surface area (Å²) in [6, 6.07) is 0. The van der Waals surface area contributed by atoms with E-state index in [9.17, 15) is 9.59 Å². The minimum Gasteiger partial charge on any atom is -0.366 e. The molecule has 0 amide bonds. The maximum Gasteiger partial charge on any atom is 0.173 e. The minimum atomic E-state index is -0.856. The molecule has 3 nitrogen and oxygen atoms in total. The molecule has 0 bridgehead atoms. The molecular weight excluding hydrogens is 120 g/mol. The molecule has 0 saturated carbocycles. The topological polar surface area (TPSA) is 43.4 Å². The monoisotopic (exact) mass is 130 g/mol. The molecule has 0 aliphatic carbocycles. The average Bonchev–Trinajstić information content (AvgIpc) is 1.64. The summed E-state index contributed by atoms with van der Waals surface area (Å²) in [7, 11) is 1.34. The normalized spacial score (nSPS) is 9.78. The van der Waals surface area contributed by atoms with E-state index in [4.69, 9.17) is 0 Å². The lowest BCUT2D eigenvalue weighted by atomic mass is 10.2. The highest BCUT2D eigenvalue weighted by molar-refractivity contribution is 6.03. The van der Waals surface area contributed by atoms with Crippen molar-refractivity contribution in [3.63, 3.8) is 0 Å². The number of carbonyl (C=O) groups is 2. The van der Waals surface area contributed by atoms with Crippen LogP contribution in [0, 0.1) is 0 Å². The molecule has 0 aromatic heterocycles. The summed E-state index contributed by atoms with van der Waals surface area (Å²) in [5, 5.41) is 0. The standard InChI is InChI=1S/C6H10O3/c1-4(7)6(9-3)5(2)8/h6H,1-3H3. The Kier molecular flexibility index (Phi) is 3.09. The van der Waals surface area contributed by atoms with Gasteiger partial charge in [-0.05, 0) is 13.8 Å². The average molecular weight is 130 g/mol. The van der Waals surface area contributed by atoms with E-state index in [1.807, 2.05) is 0 Å². The highest BCUT2D eigenvalue weighted by Crippen LogP contribution is 1.91. The largest absolute Gasteiger partial charge is 0.366 e. The number of ketones is 2. The zero-order chi connectivity index (χ0) is 7.44. The second kappa shape index (κ2) is 3.35. The lowest BCUT2D eigenvalue weighted by Gasteiger charge is -2.05. The first kappa shape index (κ1) is 8.30. The van der Waals surface area contributed by atoms with E-state index >= 15 is 0 Å². The van der Waals surface area contributed by atoms with Gasteiger partial charge in [-0.25, -0.2) is 0 Å². The van der Waals surface area contributed by atoms with Gasteiger partial charge in [-0.1, -0.05) is 0 Å². The van der Waals surface area contributed by atoms with Crippen molar-refractivity contribution in [2.24, 2.45) is 0 Å². The summed E-state index contributed by atoms with van der Waals surface area (Å²) < 4.78 is 4.57. The van der Waals surface area contributed by atoms with Crippen LogP contribution in [0.1, 0.15) is 13.8 Å². The van der Waals surface area contributed by atoms with Gasteiger partial charge < -0.3 is 4.74 Å². The molecule has 0 heterocycles. The lowest BCUT2D eigenvalue weighted by molar-refractivity contribution is -0.137. The van der Waals surface area contributed by atoms with Crippen molar-refractivity contribution in [2.75, 3.05) is 7.11 Å². The summed E-state index contributed by atoms with van der Waals surface area (Å²) in [5.41, 5.74) is 0. The smallest absolute Gasteiger partial charge is 0.173 e. The Morgan fingerprint density at radius 1 is 1.22 bits per heavy atom. The first-order valence-corrected chi connectivity index (χ1v) is 2.63. The molecule has 0 rings (SSSR count). The summed E-state index contributed by atoms with van der Waals surface area (Å²) >= 11 is 0. The Morgan fingerprint density at radius 2 is 1.56 bits per heavy atom. The van der Waals surface area contributed by atoms with Crippen LogP contribution in [-0.2, 0) is 14.3 Å². The highest BCUT2D eigenvalue weighted by Gasteiger charge is 2.17. The fourth-order valence-corrected chi connectivity index (χ4v) is 0.618. The van der Waals surface area contributed by atoms with E-state index in [0.29, 0.717) is 0 Å². The van der Waals surface area contributed by atoms with Crippen LogP contribution in [0.4, 0.5) is 0 Å². The molecule has 0 atom stereocenters. The van der Waals surface area contributed by atoms with Gasteiger partial charge in [0.15, 0.2) is 17.7 Å². The van der Waals surface area contributed by atoms with Crippen LogP contribution in [0.2, 0.25) is 0 Å². The molecule has 0 radical (unpaired) electrons. The fraction of sp³-hybridized carbons (Fsp3) is 0.667. The predicted molar refractivity (Wildman–Crippen MR) is 32.2 cm³/mol. The quantitative estimate of drug-likeness (QED) is 0.512. The first-order valence-electron chi connectivity index (χ1n) is 2.63. The molecule has 9 heavy (non-hydrogen) atoms. The molecule has 0 aliphatic heterocycles. The Balaban J connectivity index is 3.99. The van der Waals surface area contributed by atoms with E-state index in [2.05, 4.69) is 4.74 Å². The van der Waals surface area contributed by atoms with Crippen molar-refractivity contribution < 1.29 is 14.3 Å². The van der Waals surface area contributed by atoms with Gasteiger partial charge in [0.1, 0.15) is 0 Å². The van der Waals surface area contributed by atoms with Gasteiger partial charge in [-0.15, -0.1) is 0 Å². The second-order valence-corrected chi connectivity index (χ2v) is 1.84. The molecule has 52 valence electrons. The van der Waals surface area contributed by atoms with Crippen LogP contribution in [0.25, 0.3) is 0 Å². The van der Waals surface area contributed by atoms with Gasteiger partial charge >= 0.3 is 0 Å². The van der Waals surface area contributed by atoms with Crippen LogP contribution in [0.5, 0.6) is 0 Å². The van der Waals surface area contributed by atoms with Crippen LogP contribution >= 0.6 is 0 Å². The molecular formula is C6H10O3. The lowest BCUT2D eigenvalue weighted by Crippen LogP contribution is -2.27. The van der Waals surface area contributed by atoms with E-state index in [-0.39, 0.29) is 11.6 Å². The van der Waals surface area contributed by atoms with Crippen LogP contribution < -0.4 is 0 Å². The third-order valence-corrected chi connectivity index (χ3v) is 0.974. The zero-order valence-electron chi connectivity index (χ0n) is 5.80. The second-order valence-electron chi connectivity index (χ2n) is 1.84. The third-order valence-electron chi connectivity index (χ3n) is 0.974. The van der Waals surface area contributed by atoms with Gasteiger partial charge in [0, 0.05) is 7.11 Å². The molecule has 0 unspecified atom stereocenters. The summed E-state index contributed by atoms with van der Waals surface area (Å²) in [6.07, 6.45) is -0.856. The van der Waals surface area contributed by atoms with E-state index in [1.165, 1.54) is 21.0 Å². The van der Waals surface area contributed by atoms with Crippen molar-refractivity contribution >= 4 is 11.6 Å². The van der Waals surface area contributed by atoms with Crippen molar-refractivity contribution in [1.82, 2.24) is 0 Å². The van der Waals surface area contributed by atoms with Gasteiger partial charge in [0.2, 0.25) is 0 Å². The number of carbonyl (C=O) groups excluding carboxylic acids is 2. The molecule has 0 aromatic carbocycles. The number of hydrogen-bond acceptors (Lipinski definition) is 3. The number of rotatable bonds is 3. The summed E-state index contributed by atoms with van der Waals surface area (Å²) in [4.78, 5) is 20.9. The van der Waals surface area contributed by atoms with Crippen LogP contribution in [-0.4, -0.2) is 24.8 Å². The predicted octanol–water partition coefficient (Wildman–Crippen LogP) is 0.179. The summed E-state index contributed by atoms with van der Waals surface area (Å²) in [6.45, 7) is 2.66. The molecule has 3 heteroatoms. The van der Waals surface area contributed by atoms with Gasteiger partial charge in [-0.3, -0.25) is 9.59 Å². The number of Topliss-reactive ketones (excluding diaryl/α,β-unsaturated/α-hetero) is 2. The van der Waals surface area contributed by atoms with E-state index in [1.54, 1.807) is 0 Å². The van der Waals surface area contributed by atoms with Crippen LogP contribution in [0.3, 0.4) is 0 Å². The van der Waals surface area contributed by atoms with E-state index < -0.39 is 6.10 Å². The van der Waals surface area contributed by atoms with Crippen molar-refractivity contribution in [2.45, 2.75) is 20.0 Å². The van der Waals surface area contributed by atoms with Gasteiger partial charge in [0.05, 0.1) is 0 Å². The number of hydrogen-bond donors (Lipinski definition) is 0. The Hall–Kier alpha value is -0.700.